The Morgan fingerprint density at radius 1 is 1.53 bits per heavy atom. The molecule has 0 aliphatic carbocycles. The van der Waals surface area contributed by atoms with Gasteiger partial charge in [-0.3, -0.25) is 0 Å². The van der Waals surface area contributed by atoms with Crippen molar-refractivity contribution in [2.45, 2.75) is 6.54 Å². The number of rotatable bonds is 2. The summed E-state index contributed by atoms with van der Waals surface area (Å²) in [6.45, 7) is 0.362. The van der Waals surface area contributed by atoms with Crippen molar-refractivity contribution >= 4 is 21.7 Å². The van der Waals surface area contributed by atoms with Gasteiger partial charge in [0.25, 0.3) is 0 Å². The number of nitrogen functional groups attached to an aromatic ring is 1. The van der Waals surface area contributed by atoms with E-state index in [0.29, 0.717) is 22.5 Å². The molecule has 2 rings (SSSR count). The number of terminal acetylenes is 1. The molecular weight excluding hydrogens is 285 g/mol. The summed E-state index contributed by atoms with van der Waals surface area (Å²) in [4.78, 5) is 4.17. The minimum atomic E-state index is -0.324. The lowest BCUT2D eigenvalue weighted by molar-refractivity contribution is 0.621. The molecule has 0 bridgehead atoms. The van der Waals surface area contributed by atoms with Gasteiger partial charge in [0.2, 0.25) is 0 Å². The number of aromatic nitrogens is 2. The fourth-order valence-corrected chi connectivity index (χ4v) is 1.86. The summed E-state index contributed by atoms with van der Waals surface area (Å²) in [7, 11) is 0. The van der Waals surface area contributed by atoms with E-state index in [2.05, 4.69) is 26.8 Å². The van der Waals surface area contributed by atoms with Crippen molar-refractivity contribution in [3.8, 4) is 23.6 Å². The highest BCUT2D eigenvalue weighted by atomic mass is 79.9. The molecule has 3 nitrogen and oxygen atoms in total. The first kappa shape index (κ1) is 11.7. The van der Waals surface area contributed by atoms with E-state index in [-0.39, 0.29) is 5.82 Å². The van der Waals surface area contributed by atoms with Crippen LogP contribution in [0.15, 0.2) is 29.0 Å². The van der Waals surface area contributed by atoms with Crippen LogP contribution in [0, 0.1) is 18.2 Å². The zero-order valence-electron chi connectivity index (χ0n) is 8.82. The van der Waals surface area contributed by atoms with Crippen LogP contribution in [0.2, 0.25) is 0 Å². The van der Waals surface area contributed by atoms with Crippen LogP contribution in [0.4, 0.5) is 10.2 Å². The average molecular weight is 294 g/mol. The van der Waals surface area contributed by atoms with Gasteiger partial charge in [-0.2, -0.15) is 0 Å². The minimum Gasteiger partial charge on any atom is -0.383 e. The van der Waals surface area contributed by atoms with Crippen LogP contribution in [0.1, 0.15) is 0 Å². The molecule has 1 heterocycles. The molecule has 0 aliphatic heterocycles. The van der Waals surface area contributed by atoms with Gasteiger partial charge < -0.3 is 10.3 Å². The smallest absolute Gasteiger partial charge is 0.137 e. The molecule has 0 spiro atoms. The normalized spacial score (nSPS) is 10.2. The Bertz CT molecular complexity index is 598. The molecule has 0 saturated heterocycles. The molecule has 5 heteroatoms. The third kappa shape index (κ3) is 2.17. The van der Waals surface area contributed by atoms with E-state index in [9.17, 15) is 4.39 Å². The van der Waals surface area contributed by atoms with Crippen LogP contribution in [-0.4, -0.2) is 9.55 Å². The van der Waals surface area contributed by atoms with Crippen LogP contribution >= 0.6 is 15.9 Å². The van der Waals surface area contributed by atoms with Gasteiger partial charge in [-0.15, -0.1) is 6.42 Å². The highest BCUT2D eigenvalue weighted by molar-refractivity contribution is 9.10. The molecule has 0 atom stereocenters. The number of nitrogens with zero attached hydrogens (tertiary/aromatic N) is 2. The van der Waals surface area contributed by atoms with Crippen LogP contribution in [0.5, 0.6) is 0 Å². The zero-order valence-corrected chi connectivity index (χ0v) is 10.4. The van der Waals surface area contributed by atoms with Crippen LogP contribution in [0.3, 0.4) is 0 Å². The SMILES string of the molecule is C#CCn1cnc(-c2ccc(F)c(Br)c2)c1N. The van der Waals surface area contributed by atoms with Crippen molar-refractivity contribution in [1.29, 1.82) is 0 Å². The second kappa shape index (κ2) is 4.60. The Kier molecular flexibility index (Phi) is 3.16. The summed E-state index contributed by atoms with van der Waals surface area (Å²) >= 11 is 3.12. The number of imidazole rings is 1. The molecule has 2 N–H and O–H groups in total. The van der Waals surface area contributed by atoms with E-state index in [0.717, 1.165) is 5.56 Å². The maximum absolute atomic E-state index is 13.1. The first-order valence-electron chi connectivity index (χ1n) is 4.83. The number of halogens is 2. The predicted molar refractivity (Wildman–Crippen MR) is 68.6 cm³/mol. The van der Waals surface area contributed by atoms with Crippen molar-refractivity contribution in [3.05, 3.63) is 34.8 Å². The number of hydrogen-bond donors (Lipinski definition) is 1. The molecule has 0 radical (unpaired) electrons. The van der Waals surface area contributed by atoms with Crippen molar-refractivity contribution in [3.63, 3.8) is 0 Å². The maximum Gasteiger partial charge on any atom is 0.137 e. The van der Waals surface area contributed by atoms with Crippen LogP contribution in [-0.2, 0) is 6.54 Å². The zero-order chi connectivity index (χ0) is 12.4. The van der Waals surface area contributed by atoms with E-state index in [1.54, 1.807) is 23.0 Å². The summed E-state index contributed by atoms with van der Waals surface area (Å²) in [5.41, 5.74) is 7.25. The van der Waals surface area contributed by atoms with Gasteiger partial charge in [-0.1, -0.05) is 5.92 Å². The Morgan fingerprint density at radius 2 is 2.29 bits per heavy atom. The maximum atomic E-state index is 13.1. The molecule has 17 heavy (non-hydrogen) atoms. The monoisotopic (exact) mass is 293 g/mol. The Labute approximate surface area is 107 Å². The lowest BCUT2D eigenvalue weighted by atomic mass is 10.1. The van der Waals surface area contributed by atoms with E-state index in [4.69, 9.17) is 12.2 Å². The molecule has 0 unspecified atom stereocenters. The van der Waals surface area contributed by atoms with Gasteiger partial charge in [-0.05, 0) is 34.1 Å². The largest absolute Gasteiger partial charge is 0.383 e. The van der Waals surface area contributed by atoms with Crippen LogP contribution < -0.4 is 5.73 Å². The van der Waals surface area contributed by atoms with Crippen molar-refractivity contribution in [2.75, 3.05) is 5.73 Å². The van der Waals surface area contributed by atoms with Crippen molar-refractivity contribution < 1.29 is 4.39 Å². The van der Waals surface area contributed by atoms with Gasteiger partial charge in [0.1, 0.15) is 17.3 Å². The summed E-state index contributed by atoms with van der Waals surface area (Å²) in [6.07, 6.45) is 6.78. The summed E-state index contributed by atoms with van der Waals surface area (Å²) in [5.74, 6) is 2.63. The van der Waals surface area contributed by atoms with Gasteiger partial charge >= 0.3 is 0 Å². The minimum absolute atomic E-state index is 0.324. The molecule has 2 aromatic rings. The lowest BCUT2D eigenvalue weighted by Gasteiger charge is -2.03. The van der Waals surface area contributed by atoms with E-state index < -0.39 is 0 Å². The Morgan fingerprint density at radius 3 is 2.94 bits per heavy atom. The van der Waals surface area contributed by atoms with E-state index in [1.807, 2.05) is 0 Å². The Balaban J connectivity index is 2.47. The second-order valence-electron chi connectivity index (χ2n) is 3.44. The summed E-state index contributed by atoms with van der Waals surface area (Å²) in [6, 6.07) is 4.62. The first-order chi connectivity index (χ1) is 8.13. The van der Waals surface area contributed by atoms with Crippen molar-refractivity contribution in [1.82, 2.24) is 9.55 Å². The first-order valence-corrected chi connectivity index (χ1v) is 5.62. The molecule has 86 valence electrons. The third-order valence-corrected chi connectivity index (χ3v) is 2.94. The summed E-state index contributed by atoms with van der Waals surface area (Å²) in [5, 5.41) is 0. The second-order valence-corrected chi connectivity index (χ2v) is 4.29. The Hall–Kier alpha value is -1.80. The fourth-order valence-electron chi connectivity index (χ4n) is 1.48. The van der Waals surface area contributed by atoms with Crippen LogP contribution in [0.25, 0.3) is 11.3 Å². The number of nitrogens with two attached hydrogens (primary N) is 1. The number of hydrogen-bond acceptors (Lipinski definition) is 2. The van der Waals surface area contributed by atoms with Gasteiger partial charge in [0.15, 0.2) is 0 Å². The van der Waals surface area contributed by atoms with E-state index >= 15 is 0 Å². The topological polar surface area (TPSA) is 43.8 Å². The summed E-state index contributed by atoms with van der Waals surface area (Å²) < 4.78 is 15.1. The molecule has 0 aliphatic rings. The highest BCUT2D eigenvalue weighted by Crippen LogP contribution is 2.27. The molecule has 1 aromatic carbocycles. The van der Waals surface area contributed by atoms with Gasteiger partial charge in [0, 0.05) is 5.56 Å². The highest BCUT2D eigenvalue weighted by Gasteiger charge is 2.10. The third-order valence-electron chi connectivity index (χ3n) is 2.33. The quantitative estimate of drug-likeness (QED) is 0.865. The number of anilines is 1. The molecule has 0 saturated carbocycles. The molecule has 1 aromatic heterocycles. The predicted octanol–water partition coefficient (Wildman–Crippen LogP) is 2.67. The molecule has 0 fully saturated rings. The van der Waals surface area contributed by atoms with Gasteiger partial charge in [-0.25, -0.2) is 9.37 Å². The van der Waals surface area contributed by atoms with Gasteiger partial charge in [0.05, 0.1) is 17.3 Å². The average Bonchev–Trinajstić information content (AvgIpc) is 2.66. The number of benzene rings is 1. The van der Waals surface area contributed by atoms with E-state index in [1.165, 1.54) is 6.07 Å². The van der Waals surface area contributed by atoms with Crippen molar-refractivity contribution in [2.24, 2.45) is 0 Å². The standard InChI is InChI=1S/C12H9BrFN3/c1-2-5-17-7-16-11(12(17)15)8-3-4-10(14)9(13)6-8/h1,3-4,6-7H,5,15H2. The molecular formula is C12H9BrFN3. The lowest BCUT2D eigenvalue weighted by Crippen LogP contribution is -2.00. The molecule has 0 amide bonds. The fraction of sp³-hybridized carbons (Fsp3) is 0.0833.